The molecule has 6 nitrogen and oxygen atoms in total. The van der Waals surface area contributed by atoms with E-state index in [4.69, 9.17) is 5.10 Å². The highest BCUT2D eigenvalue weighted by atomic mass is 16.1. The molecule has 1 saturated heterocycles. The Hall–Kier alpha value is -2.11. The first-order valence-electron chi connectivity index (χ1n) is 9.15. The van der Waals surface area contributed by atoms with Gasteiger partial charge in [0, 0.05) is 37.6 Å². The van der Waals surface area contributed by atoms with Crippen LogP contribution < -0.4 is 10.2 Å². The molecule has 3 heterocycles. The predicted molar refractivity (Wildman–Crippen MR) is 93.2 cm³/mol. The molecular formula is C18H25N5O. The van der Waals surface area contributed by atoms with Gasteiger partial charge in [-0.2, -0.15) is 5.10 Å². The van der Waals surface area contributed by atoms with Gasteiger partial charge in [0.15, 0.2) is 5.82 Å². The van der Waals surface area contributed by atoms with E-state index in [0.29, 0.717) is 6.54 Å². The highest BCUT2D eigenvalue weighted by Gasteiger charge is 2.29. The Balaban J connectivity index is 1.68. The lowest BCUT2D eigenvalue weighted by molar-refractivity contribution is -0.125. The molecule has 1 aliphatic carbocycles. The van der Waals surface area contributed by atoms with E-state index in [1.165, 1.54) is 24.1 Å². The average molecular weight is 327 g/mol. The van der Waals surface area contributed by atoms with Crippen molar-refractivity contribution in [1.82, 2.24) is 19.9 Å². The van der Waals surface area contributed by atoms with Crippen LogP contribution in [0.4, 0.5) is 5.82 Å². The molecule has 1 amide bonds. The first-order chi connectivity index (χ1) is 11.8. The number of rotatable bonds is 3. The first kappa shape index (κ1) is 15.4. The molecule has 128 valence electrons. The van der Waals surface area contributed by atoms with Crippen molar-refractivity contribution >= 4 is 17.2 Å². The maximum absolute atomic E-state index is 12.2. The van der Waals surface area contributed by atoms with Gasteiger partial charge in [0.1, 0.15) is 5.52 Å². The fourth-order valence-corrected chi connectivity index (χ4v) is 4.08. The summed E-state index contributed by atoms with van der Waals surface area (Å²) in [5.74, 6) is 1.23. The Morgan fingerprint density at radius 2 is 2.21 bits per heavy atom. The van der Waals surface area contributed by atoms with Crippen LogP contribution in [-0.4, -0.2) is 40.1 Å². The van der Waals surface area contributed by atoms with E-state index in [-0.39, 0.29) is 11.8 Å². The Bertz CT molecular complexity index is 753. The van der Waals surface area contributed by atoms with Gasteiger partial charge in [0.2, 0.25) is 5.91 Å². The minimum atomic E-state index is 0.0551. The van der Waals surface area contributed by atoms with Crippen LogP contribution in [0.2, 0.25) is 0 Å². The fraction of sp³-hybridized carbons (Fsp3) is 0.611. The lowest BCUT2D eigenvalue weighted by Gasteiger charge is -2.33. The standard InChI is InChI=1S/C18H25N5O/c1-2-19-18(24)13-6-5-10-22(12-13)17-16-14-7-3-4-8-15(14)21-23(16)11-9-20-17/h9,11,13H,2-8,10,12H2,1H3,(H,19,24)/t13-/m1/s1. The van der Waals surface area contributed by atoms with Crippen LogP contribution in [-0.2, 0) is 17.6 Å². The smallest absolute Gasteiger partial charge is 0.224 e. The molecule has 2 aromatic heterocycles. The van der Waals surface area contributed by atoms with Crippen LogP contribution in [0.3, 0.4) is 0 Å². The number of carbonyl (C=O) groups is 1. The van der Waals surface area contributed by atoms with Gasteiger partial charge in [-0.05, 0) is 45.4 Å². The Morgan fingerprint density at radius 1 is 1.33 bits per heavy atom. The van der Waals surface area contributed by atoms with Gasteiger partial charge in [-0.3, -0.25) is 4.79 Å². The summed E-state index contributed by atoms with van der Waals surface area (Å²) in [6.45, 7) is 4.37. The fourth-order valence-electron chi connectivity index (χ4n) is 4.08. The second kappa shape index (κ2) is 6.42. The summed E-state index contributed by atoms with van der Waals surface area (Å²) in [5, 5.41) is 7.73. The van der Waals surface area contributed by atoms with E-state index < -0.39 is 0 Å². The number of hydrogen-bond acceptors (Lipinski definition) is 4. The van der Waals surface area contributed by atoms with E-state index in [2.05, 4.69) is 15.2 Å². The van der Waals surface area contributed by atoms with Crippen molar-refractivity contribution in [2.45, 2.75) is 45.4 Å². The highest BCUT2D eigenvalue weighted by Crippen LogP contribution is 2.32. The minimum Gasteiger partial charge on any atom is -0.356 e. The molecule has 4 rings (SSSR count). The number of anilines is 1. The van der Waals surface area contributed by atoms with Gasteiger partial charge < -0.3 is 10.2 Å². The lowest BCUT2D eigenvalue weighted by atomic mass is 9.95. The van der Waals surface area contributed by atoms with Crippen LogP contribution in [0, 0.1) is 5.92 Å². The van der Waals surface area contributed by atoms with Gasteiger partial charge in [-0.15, -0.1) is 0 Å². The van der Waals surface area contributed by atoms with Gasteiger partial charge >= 0.3 is 0 Å². The molecule has 0 radical (unpaired) electrons. The third-order valence-electron chi connectivity index (χ3n) is 5.24. The Kier molecular flexibility index (Phi) is 4.12. The topological polar surface area (TPSA) is 62.5 Å². The van der Waals surface area contributed by atoms with E-state index in [9.17, 15) is 4.79 Å². The summed E-state index contributed by atoms with van der Waals surface area (Å²) < 4.78 is 1.99. The zero-order valence-electron chi connectivity index (χ0n) is 14.3. The van der Waals surface area contributed by atoms with Crippen LogP contribution in [0.25, 0.3) is 5.52 Å². The molecule has 1 fully saturated rings. The van der Waals surface area contributed by atoms with Gasteiger partial charge in [-0.25, -0.2) is 9.50 Å². The number of hydrogen-bond donors (Lipinski definition) is 1. The summed E-state index contributed by atoms with van der Waals surface area (Å²) in [7, 11) is 0. The van der Waals surface area contributed by atoms with Crippen molar-refractivity contribution in [3.63, 3.8) is 0 Å². The zero-order valence-corrected chi connectivity index (χ0v) is 14.3. The first-order valence-corrected chi connectivity index (χ1v) is 9.15. The van der Waals surface area contributed by atoms with E-state index >= 15 is 0 Å². The van der Waals surface area contributed by atoms with Gasteiger partial charge in [0.25, 0.3) is 0 Å². The second-order valence-electron chi connectivity index (χ2n) is 6.86. The molecule has 2 aliphatic rings. The second-order valence-corrected chi connectivity index (χ2v) is 6.86. The molecule has 1 N–H and O–H groups in total. The monoisotopic (exact) mass is 327 g/mol. The van der Waals surface area contributed by atoms with E-state index in [1.807, 2.05) is 23.8 Å². The number of amides is 1. The molecule has 0 saturated carbocycles. The predicted octanol–water partition coefficient (Wildman–Crippen LogP) is 1.96. The molecule has 1 aliphatic heterocycles. The molecule has 1 atom stereocenters. The number of nitrogens with zero attached hydrogens (tertiary/aromatic N) is 4. The maximum atomic E-state index is 12.2. The van der Waals surface area contributed by atoms with Gasteiger partial charge in [0.05, 0.1) is 11.6 Å². The Labute approximate surface area is 142 Å². The SMILES string of the molecule is CCNC(=O)[C@@H]1CCCN(c2nccn3nc4c(c23)CCCC4)C1. The van der Waals surface area contributed by atoms with Crippen molar-refractivity contribution < 1.29 is 4.79 Å². The maximum Gasteiger partial charge on any atom is 0.224 e. The number of fused-ring (bicyclic) bond motifs is 3. The lowest BCUT2D eigenvalue weighted by Crippen LogP contribution is -2.43. The largest absolute Gasteiger partial charge is 0.356 e. The van der Waals surface area contributed by atoms with E-state index in [1.54, 1.807) is 0 Å². The Morgan fingerprint density at radius 3 is 3.08 bits per heavy atom. The third kappa shape index (κ3) is 2.64. The summed E-state index contributed by atoms with van der Waals surface area (Å²) >= 11 is 0. The molecule has 2 aromatic rings. The van der Waals surface area contributed by atoms with Crippen molar-refractivity contribution in [3.05, 3.63) is 23.7 Å². The molecule has 6 heteroatoms. The summed E-state index contributed by atoms with van der Waals surface area (Å²) in [4.78, 5) is 19.2. The van der Waals surface area contributed by atoms with E-state index in [0.717, 1.165) is 50.1 Å². The molecular weight excluding hydrogens is 302 g/mol. The summed E-state index contributed by atoms with van der Waals surface area (Å²) in [6, 6.07) is 0. The summed E-state index contributed by atoms with van der Waals surface area (Å²) in [5.41, 5.74) is 3.75. The number of carbonyl (C=O) groups excluding carboxylic acids is 1. The molecule has 0 unspecified atom stereocenters. The van der Waals surface area contributed by atoms with Crippen molar-refractivity contribution in [2.24, 2.45) is 5.92 Å². The van der Waals surface area contributed by atoms with Crippen molar-refractivity contribution in [1.29, 1.82) is 0 Å². The minimum absolute atomic E-state index is 0.0551. The number of aromatic nitrogens is 3. The normalized spacial score (nSPS) is 20.9. The van der Waals surface area contributed by atoms with Gasteiger partial charge in [-0.1, -0.05) is 0 Å². The molecule has 0 bridgehead atoms. The highest BCUT2D eigenvalue weighted by molar-refractivity contribution is 5.80. The zero-order chi connectivity index (χ0) is 16.5. The van der Waals surface area contributed by atoms with Crippen molar-refractivity contribution in [3.8, 4) is 0 Å². The number of aryl methyl sites for hydroxylation is 2. The third-order valence-corrected chi connectivity index (χ3v) is 5.24. The average Bonchev–Trinajstić information content (AvgIpc) is 3.00. The van der Waals surface area contributed by atoms with Crippen molar-refractivity contribution in [2.75, 3.05) is 24.5 Å². The van der Waals surface area contributed by atoms with Crippen LogP contribution in [0.15, 0.2) is 12.4 Å². The molecule has 24 heavy (non-hydrogen) atoms. The van der Waals surface area contributed by atoms with Crippen LogP contribution >= 0.6 is 0 Å². The quantitative estimate of drug-likeness (QED) is 0.936. The molecule has 0 spiro atoms. The van der Waals surface area contributed by atoms with Crippen LogP contribution in [0.5, 0.6) is 0 Å². The number of piperidine rings is 1. The van der Waals surface area contributed by atoms with Crippen LogP contribution in [0.1, 0.15) is 43.9 Å². The number of nitrogens with one attached hydrogen (secondary N) is 1. The molecule has 0 aromatic carbocycles. The summed E-state index contributed by atoms with van der Waals surface area (Å²) in [6.07, 6.45) is 10.4.